The molecule has 0 radical (unpaired) electrons. The fourth-order valence-electron chi connectivity index (χ4n) is 2.76. The van der Waals surface area contributed by atoms with E-state index in [9.17, 15) is 13.2 Å². The lowest BCUT2D eigenvalue weighted by molar-refractivity contribution is 0.0949. The highest BCUT2D eigenvalue weighted by atomic mass is 32.2. The summed E-state index contributed by atoms with van der Waals surface area (Å²) in [6.07, 6.45) is 3.03. The number of fused-ring (bicyclic) bond motifs is 1. The summed E-state index contributed by atoms with van der Waals surface area (Å²) in [7, 11) is -3.89. The van der Waals surface area contributed by atoms with E-state index in [-0.39, 0.29) is 4.90 Å². The number of hydrogen-bond acceptors (Lipinski definition) is 5. The van der Waals surface area contributed by atoms with Crippen LogP contribution in [0.25, 0.3) is 0 Å². The first kappa shape index (κ1) is 17.6. The monoisotopic (exact) mass is 375 g/mol. The van der Waals surface area contributed by atoms with Gasteiger partial charge in [-0.05, 0) is 61.1 Å². The summed E-state index contributed by atoms with van der Waals surface area (Å²) >= 11 is 1.41. The molecule has 1 aliphatic rings. The molecule has 3 rings (SSSR count). The number of thiophene rings is 1. The molecular formula is C17H17N3O3S2. The molecule has 1 aromatic heterocycles. The largest absolute Gasteiger partial charge is 0.276 e. The molecule has 1 aliphatic carbocycles. The third-order valence-corrected chi connectivity index (χ3v) is 6.65. The van der Waals surface area contributed by atoms with Crippen LogP contribution in [0.15, 0.2) is 35.2 Å². The van der Waals surface area contributed by atoms with Crippen LogP contribution >= 0.6 is 11.3 Å². The Morgan fingerprint density at radius 2 is 2.04 bits per heavy atom. The molecule has 0 spiro atoms. The fourth-order valence-corrected chi connectivity index (χ4v) is 4.70. The maximum Gasteiger partial charge on any atom is 0.276 e. The molecule has 8 heteroatoms. The normalized spacial score (nSPS) is 16.7. The minimum atomic E-state index is -3.89. The van der Waals surface area contributed by atoms with Crippen LogP contribution in [0.4, 0.5) is 0 Å². The van der Waals surface area contributed by atoms with Crippen LogP contribution in [0.2, 0.25) is 0 Å². The number of aryl methyl sites for hydroxylation is 1. The number of rotatable bonds is 4. The Hall–Kier alpha value is -2.21. The summed E-state index contributed by atoms with van der Waals surface area (Å²) in [5.41, 5.74) is 3.80. The molecule has 1 heterocycles. The zero-order chi connectivity index (χ0) is 18.0. The van der Waals surface area contributed by atoms with Crippen molar-refractivity contribution in [3.63, 3.8) is 0 Å². The summed E-state index contributed by atoms with van der Waals surface area (Å²) in [6, 6.07) is 9.22. The van der Waals surface area contributed by atoms with Crippen molar-refractivity contribution < 1.29 is 13.2 Å². The third kappa shape index (κ3) is 3.90. The van der Waals surface area contributed by atoms with Gasteiger partial charge in [-0.2, -0.15) is 5.26 Å². The van der Waals surface area contributed by atoms with Crippen LogP contribution in [-0.4, -0.2) is 14.3 Å². The Bertz CT molecular complexity index is 941. The number of carbonyl (C=O) groups is 1. The van der Waals surface area contributed by atoms with Gasteiger partial charge in [-0.1, -0.05) is 6.92 Å². The zero-order valence-electron chi connectivity index (χ0n) is 13.6. The van der Waals surface area contributed by atoms with E-state index in [1.165, 1.54) is 46.0 Å². The van der Waals surface area contributed by atoms with E-state index in [1.807, 2.05) is 12.1 Å². The van der Waals surface area contributed by atoms with Crippen molar-refractivity contribution in [3.05, 3.63) is 51.2 Å². The van der Waals surface area contributed by atoms with Crippen molar-refractivity contribution in [2.24, 2.45) is 5.92 Å². The highest BCUT2D eigenvalue weighted by Gasteiger charge is 2.22. The number of nitrogens with zero attached hydrogens (tertiary/aromatic N) is 1. The number of nitrogens with one attached hydrogen (secondary N) is 2. The summed E-state index contributed by atoms with van der Waals surface area (Å²) in [5.74, 6) is 0.136. The molecule has 1 aromatic carbocycles. The second-order valence-electron chi connectivity index (χ2n) is 6.10. The van der Waals surface area contributed by atoms with Crippen molar-refractivity contribution in [1.29, 1.82) is 5.26 Å². The highest BCUT2D eigenvalue weighted by molar-refractivity contribution is 7.89. The first-order valence-corrected chi connectivity index (χ1v) is 10.1. The van der Waals surface area contributed by atoms with Gasteiger partial charge in [0, 0.05) is 4.88 Å². The van der Waals surface area contributed by atoms with Crippen molar-refractivity contribution in [1.82, 2.24) is 10.3 Å². The third-order valence-electron chi connectivity index (χ3n) is 4.15. The number of carbonyl (C=O) groups excluding carboxylic acids is 1. The molecule has 130 valence electrons. The molecule has 1 atom stereocenters. The van der Waals surface area contributed by atoms with Gasteiger partial charge >= 0.3 is 0 Å². The first-order chi connectivity index (χ1) is 11.9. The maximum absolute atomic E-state index is 12.3. The summed E-state index contributed by atoms with van der Waals surface area (Å²) in [6.45, 7) is 2.19. The predicted octanol–water partition coefficient (Wildman–Crippen LogP) is 2.37. The number of nitriles is 1. The molecule has 0 saturated carbocycles. The van der Waals surface area contributed by atoms with Crippen LogP contribution in [0, 0.1) is 17.2 Å². The number of benzene rings is 1. The Labute approximate surface area is 150 Å². The Kier molecular flexibility index (Phi) is 4.90. The molecule has 0 bridgehead atoms. The van der Waals surface area contributed by atoms with E-state index in [2.05, 4.69) is 17.2 Å². The van der Waals surface area contributed by atoms with Crippen LogP contribution in [-0.2, 0) is 22.9 Å². The van der Waals surface area contributed by atoms with Crippen molar-refractivity contribution in [3.8, 4) is 6.07 Å². The van der Waals surface area contributed by atoms with Gasteiger partial charge in [0.25, 0.3) is 15.9 Å². The number of hydrogen-bond donors (Lipinski definition) is 2. The van der Waals surface area contributed by atoms with Crippen LogP contribution < -0.4 is 10.3 Å². The lowest BCUT2D eigenvalue weighted by atomic mass is 9.90. The highest BCUT2D eigenvalue weighted by Crippen LogP contribution is 2.32. The Morgan fingerprint density at radius 1 is 1.32 bits per heavy atom. The van der Waals surface area contributed by atoms with Gasteiger partial charge in [-0.25, -0.2) is 8.42 Å². The maximum atomic E-state index is 12.3. The van der Waals surface area contributed by atoms with E-state index in [0.29, 0.717) is 16.4 Å². The van der Waals surface area contributed by atoms with Gasteiger partial charge in [-0.15, -0.1) is 16.2 Å². The van der Waals surface area contributed by atoms with E-state index < -0.39 is 15.9 Å². The van der Waals surface area contributed by atoms with E-state index in [0.717, 1.165) is 19.3 Å². The van der Waals surface area contributed by atoms with Crippen molar-refractivity contribution in [2.75, 3.05) is 0 Å². The average Bonchev–Trinajstić information content (AvgIpc) is 3.03. The topological polar surface area (TPSA) is 99.1 Å². The predicted molar refractivity (Wildman–Crippen MR) is 94.5 cm³/mol. The minimum absolute atomic E-state index is 0.0221. The molecule has 0 saturated heterocycles. The van der Waals surface area contributed by atoms with Gasteiger partial charge in [0.2, 0.25) is 0 Å². The second-order valence-corrected chi connectivity index (χ2v) is 8.92. The molecule has 6 nitrogen and oxygen atoms in total. The SMILES string of the molecule is CC1CCc2sc(C(=O)NNS(=O)(=O)c3ccc(C#N)cc3)cc2C1. The number of hydrazine groups is 1. The zero-order valence-corrected chi connectivity index (χ0v) is 15.2. The molecule has 25 heavy (non-hydrogen) atoms. The quantitative estimate of drug-likeness (QED) is 0.802. The lowest BCUT2D eigenvalue weighted by Crippen LogP contribution is -2.41. The van der Waals surface area contributed by atoms with Gasteiger partial charge in [0.1, 0.15) is 0 Å². The van der Waals surface area contributed by atoms with Crippen molar-refractivity contribution in [2.45, 2.75) is 31.1 Å². The molecule has 0 aliphatic heterocycles. The van der Waals surface area contributed by atoms with Gasteiger partial charge in [-0.3, -0.25) is 10.2 Å². The fraction of sp³-hybridized carbons (Fsp3) is 0.294. The van der Waals surface area contributed by atoms with E-state index in [1.54, 1.807) is 0 Å². The van der Waals surface area contributed by atoms with Gasteiger partial charge in [0.05, 0.1) is 21.4 Å². The van der Waals surface area contributed by atoms with Crippen LogP contribution in [0.3, 0.4) is 0 Å². The molecule has 1 amide bonds. The van der Waals surface area contributed by atoms with Crippen LogP contribution in [0.5, 0.6) is 0 Å². The lowest BCUT2D eigenvalue weighted by Gasteiger charge is -2.16. The second kappa shape index (κ2) is 6.96. The Balaban J connectivity index is 1.68. The summed E-state index contributed by atoms with van der Waals surface area (Å²) < 4.78 is 24.4. The number of sulfonamides is 1. The minimum Gasteiger partial charge on any atom is -0.273 e. The number of amides is 1. The molecule has 2 N–H and O–H groups in total. The summed E-state index contributed by atoms with van der Waals surface area (Å²) in [5, 5.41) is 8.75. The van der Waals surface area contributed by atoms with Gasteiger partial charge in [0.15, 0.2) is 0 Å². The molecule has 1 unspecified atom stereocenters. The Morgan fingerprint density at radius 3 is 2.72 bits per heavy atom. The molecular weight excluding hydrogens is 358 g/mol. The molecule has 2 aromatic rings. The standard InChI is InChI=1S/C17H17N3O3S2/c1-11-2-7-15-13(8-11)9-16(24-15)17(21)19-20-25(22,23)14-5-3-12(10-18)4-6-14/h3-6,9,11,20H,2,7-8H2,1H3,(H,19,21). The van der Waals surface area contributed by atoms with Crippen LogP contribution in [0.1, 0.15) is 39.0 Å². The van der Waals surface area contributed by atoms with Crippen molar-refractivity contribution >= 4 is 27.3 Å². The molecule has 0 fully saturated rings. The average molecular weight is 375 g/mol. The first-order valence-electron chi connectivity index (χ1n) is 7.83. The smallest absolute Gasteiger partial charge is 0.273 e. The van der Waals surface area contributed by atoms with Gasteiger partial charge < -0.3 is 0 Å². The van der Waals surface area contributed by atoms with E-state index >= 15 is 0 Å². The van der Waals surface area contributed by atoms with E-state index in [4.69, 9.17) is 5.26 Å². The summed E-state index contributed by atoms with van der Waals surface area (Å²) in [4.78, 5) is 16.0.